The number of benzene rings is 2. The molecule has 55 heavy (non-hydrogen) atoms. The molecule has 3 aliphatic rings. The predicted octanol–water partition coefficient (Wildman–Crippen LogP) is 7.16. The Morgan fingerprint density at radius 3 is 2.35 bits per heavy atom. The van der Waals surface area contributed by atoms with Crippen molar-refractivity contribution >= 4 is 27.5 Å². The number of pyridine rings is 1. The summed E-state index contributed by atoms with van der Waals surface area (Å²) in [7, 11) is 0. The zero-order valence-electron chi connectivity index (χ0n) is 28.7. The van der Waals surface area contributed by atoms with Crippen molar-refractivity contribution in [1.29, 1.82) is 0 Å². The molecule has 4 aromatic rings. The summed E-state index contributed by atoms with van der Waals surface area (Å²) in [4.78, 5) is 15.6. The van der Waals surface area contributed by atoms with Crippen molar-refractivity contribution in [2.24, 2.45) is 0 Å². The van der Waals surface area contributed by atoms with Crippen LogP contribution < -0.4 is 20.3 Å². The highest BCUT2D eigenvalue weighted by atomic mass is 19.4. The van der Waals surface area contributed by atoms with Crippen LogP contribution in [0, 0.1) is 24.0 Å². The van der Waals surface area contributed by atoms with Gasteiger partial charge in [0, 0.05) is 43.2 Å². The Balaban J connectivity index is 1.29. The van der Waals surface area contributed by atoms with Crippen molar-refractivity contribution in [3.8, 4) is 29.6 Å². The smallest absolute Gasteiger partial charge is 0.435 e. The second-order valence-electron chi connectivity index (χ2n) is 13.8. The number of terminal acetylenes is 1. The lowest BCUT2D eigenvalue weighted by Crippen LogP contribution is -2.68. The van der Waals surface area contributed by atoms with E-state index < -0.39 is 73.0 Å². The van der Waals surface area contributed by atoms with Crippen LogP contribution in [-0.4, -0.2) is 89.6 Å². The number of hydrogen-bond acceptors (Lipinski definition) is 8. The fraction of sp³-hybridized carbons (Fsp3) is 0.472. The number of aryl methyl sites for hydroxylation is 1. The largest absolute Gasteiger partial charge is 0.461 e. The van der Waals surface area contributed by atoms with E-state index in [0.29, 0.717) is 43.6 Å². The second kappa shape index (κ2) is 13.6. The van der Waals surface area contributed by atoms with E-state index in [1.165, 1.54) is 25.1 Å². The Hall–Kier alpha value is -4.54. The Labute approximate surface area is 305 Å². The van der Waals surface area contributed by atoms with E-state index in [2.05, 4.69) is 31.3 Å². The number of aromatic nitrogens is 3. The molecule has 0 radical (unpaired) electrons. The molecule has 1 unspecified atom stereocenters. The van der Waals surface area contributed by atoms with Gasteiger partial charge in [-0.25, -0.2) is 13.8 Å². The van der Waals surface area contributed by atoms with Crippen LogP contribution in [0.2, 0.25) is 0 Å². The van der Waals surface area contributed by atoms with Gasteiger partial charge < -0.3 is 25.0 Å². The van der Waals surface area contributed by atoms with E-state index in [1.807, 2.05) is 4.90 Å². The summed E-state index contributed by atoms with van der Waals surface area (Å²) >= 11 is 0. The monoisotopic (exact) mass is 788 g/mol. The summed E-state index contributed by atoms with van der Waals surface area (Å²) in [6.45, 7) is 1.63. The third-order valence-electron chi connectivity index (χ3n) is 10.6. The van der Waals surface area contributed by atoms with Crippen LogP contribution in [0.3, 0.4) is 0 Å². The molecule has 2 saturated heterocycles. The van der Waals surface area contributed by atoms with E-state index in [-0.39, 0.29) is 51.4 Å². The van der Waals surface area contributed by atoms with Gasteiger partial charge in [-0.1, -0.05) is 37.1 Å². The van der Waals surface area contributed by atoms with E-state index in [4.69, 9.17) is 16.1 Å². The third-order valence-corrected chi connectivity index (χ3v) is 10.6. The fourth-order valence-corrected chi connectivity index (χ4v) is 7.74. The van der Waals surface area contributed by atoms with Gasteiger partial charge in [-0.3, -0.25) is 0 Å². The predicted molar refractivity (Wildman–Crippen MR) is 177 cm³/mol. The maximum Gasteiger partial charge on any atom is 0.435 e. The van der Waals surface area contributed by atoms with Gasteiger partial charge in [0.2, 0.25) is 0 Å². The number of hydrogen-bond donors (Lipinski definition) is 2. The zero-order chi connectivity index (χ0) is 39.7. The maximum absolute atomic E-state index is 17.0. The average Bonchev–Trinajstić information content (AvgIpc) is 3.46. The van der Waals surface area contributed by atoms with Crippen LogP contribution >= 0.6 is 0 Å². The van der Waals surface area contributed by atoms with Gasteiger partial charge in [0.25, 0.3) is 0 Å². The molecule has 3 atom stereocenters. The molecule has 3 aliphatic heterocycles. The summed E-state index contributed by atoms with van der Waals surface area (Å²) < 4.78 is 165. The molecular formula is C36H31F11N6O2. The molecule has 0 spiro atoms. The van der Waals surface area contributed by atoms with Gasteiger partial charge in [-0.2, -0.15) is 49.5 Å². The highest BCUT2D eigenvalue weighted by Gasteiger charge is 2.86. The molecule has 0 amide bonds. The Kier molecular flexibility index (Phi) is 9.57. The molecule has 8 nitrogen and oxygen atoms in total. The minimum absolute atomic E-state index is 0.0497. The average molecular weight is 789 g/mol. The summed E-state index contributed by atoms with van der Waals surface area (Å²) in [5, 5.41) is 7.01. The number of halogens is 11. The minimum atomic E-state index is -6.89. The minimum Gasteiger partial charge on any atom is -0.461 e. The van der Waals surface area contributed by atoms with Crippen molar-refractivity contribution in [2.45, 2.75) is 74.4 Å². The molecule has 2 aromatic heterocycles. The molecule has 5 heterocycles. The molecular weight excluding hydrogens is 757 g/mol. The van der Waals surface area contributed by atoms with Crippen molar-refractivity contribution in [3.63, 3.8) is 0 Å². The molecule has 2 N–H and O–H groups in total. The number of nitrogens with one attached hydrogen (secondary N) is 2. The van der Waals surface area contributed by atoms with Gasteiger partial charge in [0.05, 0.1) is 28.3 Å². The lowest BCUT2D eigenvalue weighted by atomic mass is 9.94. The normalized spacial score (nSPS) is 22.1. The number of alkyl halides is 9. The van der Waals surface area contributed by atoms with Gasteiger partial charge in [0.15, 0.2) is 5.82 Å². The first-order valence-electron chi connectivity index (χ1n) is 17.2. The van der Waals surface area contributed by atoms with Crippen LogP contribution in [-0.2, 0) is 11.2 Å². The number of fused-ring (bicyclic) bond motifs is 3. The topological polar surface area (TPSA) is 84.4 Å². The second-order valence-corrected chi connectivity index (χ2v) is 13.8. The number of ether oxygens (including phenoxy) is 2. The Bertz CT molecular complexity index is 2150. The number of anilines is 1. The lowest BCUT2D eigenvalue weighted by Gasteiger charge is -2.39. The van der Waals surface area contributed by atoms with Crippen LogP contribution in [0.15, 0.2) is 30.3 Å². The number of nitrogens with zero attached hydrogens (tertiary/aromatic N) is 4. The highest BCUT2D eigenvalue weighted by Crippen LogP contribution is 2.56. The number of rotatable bonds is 7. The first kappa shape index (κ1) is 38.7. The van der Waals surface area contributed by atoms with Crippen molar-refractivity contribution < 1.29 is 57.8 Å². The molecule has 0 aliphatic carbocycles. The third kappa shape index (κ3) is 6.35. The van der Waals surface area contributed by atoms with E-state index in [0.717, 1.165) is 0 Å². The quantitative estimate of drug-likeness (QED) is 0.151. The van der Waals surface area contributed by atoms with Gasteiger partial charge in [-0.05, 0) is 37.1 Å². The molecule has 2 fully saturated rings. The van der Waals surface area contributed by atoms with E-state index in [1.54, 1.807) is 12.1 Å². The first-order chi connectivity index (χ1) is 25.8. The molecule has 7 rings (SSSR count). The van der Waals surface area contributed by atoms with Crippen molar-refractivity contribution in [1.82, 2.24) is 25.6 Å². The highest BCUT2D eigenvalue weighted by molar-refractivity contribution is 6.02. The first-order valence-corrected chi connectivity index (χ1v) is 17.2. The molecule has 0 bridgehead atoms. The van der Waals surface area contributed by atoms with Crippen LogP contribution in [0.4, 0.5) is 54.1 Å². The lowest BCUT2D eigenvalue weighted by molar-refractivity contribution is -0.463. The SMILES string of the molecule is C#Cc1c(F)ccc2cccc(-c3nc4c5c(nc(OC[C@@]6(CC)C[C@@H](OC(C(F)(F)F)(C(F)(F)F)C(F)(F)F)CN6)nc5c3F)N3CCNCC3CC4)c12. The van der Waals surface area contributed by atoms with E-state index in [9.17, 15) is 43.9 Å². The number of piperazine rings is 1. The molecule has 294 valence electrons. The van der Waals surface area contributed by atoms with Gasteiger partial charge in [-0.15, -0.1) is 6.42 Å². The molecule has 19 heteroatoms. The van der Waals surface area contributed by atoms with Crippen LogP contribution in [0.25, 0.3) is 32.9 Å². The Morgan fingerprint density at radius 1 is 0.945 bits per heavy atom. The van der Waals surface area contributed by atoms with Crippen molar-refractivity contribution in [3.05, 3.63) is 53.2 Å². The fourth-order valence-electron chi connectivity index (χ4n) is 7.74. The maximum atomic E-state index is 17.0. The summed E-state index contributed by atoms with van der Waals surface area (Å²) in [6.07, 6.45) is -17.1. The van der Waals surface area contributed by atoms with Crippen LogP contribution in [0.1, 0.15) is 37.4 Å². The molecule has 0 saturated carbocycles. The summed E-state index contributed by atoms with van der Waals surface area (Å²) in [5.41, 5.74) is -7.85. The van der Waals surface area contributed by atoms with Crippen LogP contribution in [0.5, 0.6) is 6.01 Å². The van der Waals surface area contributed by atoms with E-state index >= 15 is 4.39 Å². The standard InChI is InChI=1S/C36H31F11N6O2/c1-3-21-23(37)10-8-18-6-5-7-22(25(18)21)28-27(38)29-26-24(50-28)11-9-19-15-48-12-13-53(19)30(26)52-31(51-29)54-17-32(4-2)14-20(16-49-32)55-33(34(39,40)41,35(42,43)44)36(45,46)47/h1,5-8,10,19-20,48-49H,4,9,11-17H2,2H3/t19?,20-,32-/m1/s1. The molecule has 2 aromatic carbocycles. The van der Waals surface area contributed by atoms with Gasteiger partial charge in [0.1, 0.15) is 29.5 Å². The zero-order valence-corrected chi connectivity index (χ0v) is 28.7. The van der Waals surface area contributed by atoms with Crippen molar-refractivity contribution in [2.75, 3.05) is 37.7 Å². The summed E-state index contributed by atoms with van der Waals surface area (Å²) in [6, 6.07) is 6.97. The summed E-state index contributed by atoms with van der Waals surface area (Å²) in [5.74, 6) is 0.963. The Morgan fingerprint density at radius 2 is 1.67 bits per heavy atom. The van der Waals surface area contributed by atoms with Gasteiger partial charge >= 0.3 is 30.1 Å².